The van der Waals surface area contributed by atoms with E-state index in [1.54, 1.807) is 0 Å². The summed E-state index contributed by atoms with van der Waals surface area (Å²) in [5.41, 5.74) is 4.15. The van der Waals surface area contributed by atoms with Gasteiger partial charge in [0.25, 0.3) is 11.5 Å². The molecular formula is C21H17ClF3N3O3. The molecule has 3 aromatic rings. The number of pyridine rings is 1. The lowest BCUT2D eigenvalue weighted by atomic mass is 10.0. The average Bonchev–Trinajstić information content (AvgIpc) is 2.71. The lowest BCUT2D eigenvalue weighted by Crippen LogP contribution is -2.32. The maximum atomic E-state index is 13.0. The number of benzene rings is 2. The molecule has 0 aliphatic carbocycles. The summed E-state index contributed by atoms with van der Waals surface area (Å²) in [4.78, 5) is 36.8. The molecule has 162 valence electrons. The molecule has 0 aliphatic rings. The van der Waals surface area contributed by atoms with E-state index in [0.717, 1.165) is 12.1 Å². The summed E-state index contributed by atoms with van der Waals surface area (Å²) < 4.78 is 40.2. The highest BCUT2D eigenvalue weighted by Gasteiger charge is 2.33. The lowest BCUT2D eigenvalue weighted by molar-refractivity contribution is -0.137. The Morgan fingerprint density at radius 3 is 2.52 bits per heavy atom. The average molecular weight is 452 g/mol. The van der Waals surface area contributed by atoms with Crippen LogP contribution in [-0.4, -0.2) is 16.4 Å². The predicted molar refractivity (Wildman–Crippen MR) is 110 cm³/mol. The predicted octanol–water partition coefficient (Wildman–Crippen LogP) is 3.65. The Morgan fingerprint density at radius 2 is 1.87 bits per heavy atom. The van der Waals surface area contributed by atoms with E-state index in [1.807, 2.05) is 0 Å². The van der Waals surface area contributed by atoms with Crippen LogP contribution in [0.5, 0.6) is 0 Å². The maximum Gasteiger partial charge on any atom is 0.417 e. The van der Waals surface area contributed by atoms with Crippen LogP contribution in [0.25, 0.3) is 10.8 Å². The Morgan fingerprint density at radius 1 is 1.16 bits per heavy atom. The Bertz CT molecular complexity index is 1240. The number of halogens is 4. The molecule has 0 radical (unpaired) electrons. The van der Waals surface area contributed by atoms with Crippen molar-refractivity contribution in [3.8, 4) is 0 Å². The molecule has 2 amide bonds. The van der Waals surface area contributed by atoms with Gasteiger partial charge >= 0.3 is 6.18 Å². The van der Waals surface area contributed by atoms with Crippen LogP contribution in [0.1, 0.15) is 34.5 Å². The normalized spacial score (nSPS) is 12.5. The second kappa shape index (κ2) is 8.43. The minimum absolute atomic E-state index is 0.165. The van der Waals surface area contributed by atoms with Crippen LogP contribution in [0.2, 0.25) is 5.02 Å². The number of nitrogens with zero attached hydrogens (tertiary/aromatic N) is 1. The van der Waals surface area contributed by atoms with Gasteiger partial charge in [-0.25, -0.2) is 0 Å². The van der Waals surface area contributed by atoms with Gasteiger partial charge in [0.2, 0.25) is 5.91 Å². The van der Waals surface area contributed by atoms with Crippen molar-refractivity contribution in [3.63, 3.8) is 0 Å². The van der Waals surface area contributed by atoms with E-state index >= 15 is 0 Å². The summed E-state index contributed by atoms with van der Waals surface area (Å²) in [5, 5.41) is 2.66. The van der Waals surface area contributed by atoms with Gasteiger partial charge in [-0.2, -0.15) is 13.2 Å². The fourth-order valence-electron chi connectivity index (χ4n) is 3.11. The summed E-state index contributed by atoms with van der Waals surface area (Å²) in [6.07, 6.45) is -3.25. The molecule has 3 N–H and O–H groups in total. The molecular weight excluding hydrogens is 435 g/mol. The fraction of sp³-hybridized carbons (Fsp3) is 0.190. The zero-order valence-electron chi connectivity index (χ0n) is 16.2. The summed E-state index contributed by atoms with van der Waals surface area (Å²) >= 11 is 5.61. The number of hydrogen-bond acceptors (Lipinski definition) is 3. The van der Waals surface area contributed by atoms with Crippen LogP contribution in [0, 0.1) is 0 Å². The molecule has 0 aliphatic heterocycles. The lowest BCUT2D eigenvalue weighted by Gasteiger charge is -2.14. The zero-order valence-corrected chi connectivity index (χ0v) is 16.9. The quantitative estimate of drug-likeness (QED) is 0.620. The number of carbonyl (C=O) groups excluding carboxylic acids is 2. The Labute approximate surface area is 179 Å². The van der Waals surface area contributed by atoms with E-state index in [4.69, 9.17) is 17.3 Å². The van der Waals surface area contributed by atoms with E-state index in [-0.39, 0.29) is 23.1 Å². The molecule has 0 spiro atoms. The smallest absolute Gasteiger partial charge is 0.368 e. The standard InChI is InChI=1S/C21H17ClF3N3O3/c1-11(18(26)29)28-8-7-13-14(3-2-4-15(13)20(28)31)19(30)27-10-12-5-6-17(22)16(9-12)21(23,24)25/h2-9,11H,10H2,1H3,(H2,26,29)(H,27,30). The number of nitrogens with two attached hydrogens (primary N) is 1. The third-order valence-corrected chi connectivity index (χ3v) is 5.17. The van der Waals surface area contributed by atoms with Crippen molar-refractivity contribution in [2.45, 2.75) is 25.7 Å². The van der Waals surface area contributed by atoms with Crippen molar-refractivity contribution in [3.05, 3.63) is 80.7 Å². The Kier molecular flexibility index (Phi) is 6.08. The van der Waals surface area contributed by atoms with E-state index in [1.165, 1.54) is 48.0 Å². The number of primary amides is 1. The topological polar surface area (TPSA) is 94.2 Å². The minimum atomic E-state index is -4.62. The highest BCUT2D eigenvalue weighted by molar-refractivity contribution is 6.31. The highest BCUT2D eigenvalue weighted by Crippen LogP contribution is 2.35. The molecule has 0 saturated carbocycles. The van der Waals surface area contributed by atoms with Gasteiger partial charge in [0, 0.05) is 29.1 Å². The summed E-state index contributed by atoms with van der Waals surface area (Å²) in [7, 11) is 0. The number of aromatic nitrogens is 1. The largest absolute Gasteiger partial charge is 0.417 e. The summed E-state index contributed by atoms with van der Waals surface area (Å²) in [6, 6.07) is 8.50. The van der Waals surface area contributed by atoms with Crippen molar-refractivity contribution in [2.75, 3.05) is 0 Å². The van der Waals surface area contributed by atoms with Gasteiger partial charge in [0.05, 0.1) is 10.6 Å². The van der Waals surface area contributed by atoms with Gasteiger partial charge in [-0.3, -0.25) is 14.4 Å². The van der Waals surface area contributed by atoms with Crippen molar-refractivity contribution in [2.24, 2.45) is 5.73 Å². The van der Waals surface area contributed by atoms with E-state index in [2.05, 4.69) is 5.32 Å². The molecule has 3 rings (SSSR count). The van der Waals surface area contributed by atoms with E-state index in [0.29, 0.717) is 5.39 Å². The van der Waals surface area contributed by atoms with Crippen LogP contribution in [0.3, 0.4) is 0 Å². The molecule has 0 fully saturated rings. The molecule has 1 atom stereocenters. The molecule has 1 aromatic heterocycles. The first kappa shape index (κ1) is 22.4. The van der Waals surface area contributed by atoms with Crippen molar-refractivity contribution in [1.29, 1.82) is 0 Å². The van der Waals surface area contributed by atoms with Crippen LogP contribution in [0.4, 0.5) is 13.2 Å². The van der Waals surface area contributed by atoms with Crippen LogP contribution in [0.15, 0.2) is 53.5 Å². The SMILES string of the molecule is CC(C(N)=O)n1ccc2c(C(=O)NCc3ccc(Cl)c(C(F)(F)F)c3)cccc2c1=O. The number of hydrogen-bond donors (Lipinski definition) is 2. The number of fused-ring (bicyclic) bond motifs is 1. The summed E-state index contributed by atoms with van der Waals surface area (Å²) in [5.74, 6) is -1.26. The van der Waals surface area contributed by atoms with Crippen molar-refractivity contribution >= 4 is 34.2 Å². The van der Waals surface area contributed by atoms with Crippen LogP contribution in [-0.2, 0) is 17.5 Å². The van der Waals surface area contributed by atoms with Crippen LogP contribution >= 0.6 is 11.6 Å². The fourth-order valence-corrected chi connectivity index (χ4v) is 3.33. The molecule has 1 unspecified atom stereocenters. The highest BCUT2D eigenvalue weighted by atomic mass is 35.5. The minimum Gasteiger partial charge on any atom is -0.368 e. The molecule has 0 bridgehead atoms. The Balaban J connectivity index is 1.89. The molecule has 1 heterocycles. The first-order valence-corrected chi connectivity index (χ1v) is 9.45. The van der Waals surface area contributed by atoms with E-state index in [9.17, 15) is 27.6 Å². The third-order valence-electron chi connectivity index (χ3n) is 4.84. The first-order chi connectivity index (χ1) is 14.5. The second-order valence-corrected chi connectivity index (χ2v) is 7.28. The number of alkyl halides is 3. The van der Waals surface area contributed by atoms with Crippen LogP contribution < -0.4 is 16.6 Å². The zero-order chi connectivity index (χ0) is 22.9. The molecule has 10 heteroatoms. The monoisotopic (exact) mass is 451 g/mol. The number of rotatable bonds is 5. The summed E-state index contributed by atoms with van der Waals surface area (Å²) in [6.45, 7) is 1.30. The number of amides is 2. The maximum absolute atomic E-state index is 13.0. The van der Waals surface area contributed by atoms with Crippen molar-refractivity contribution in [1.82, 2.24) is 9.88 Å². The van der Waals surface area contributed by atoms with Gasteiger partial charge in [-0.05, 0) is 42.8 Å². The van der Waals surface area contributed by atoms with Gasteiger partial charge in [0.1, 0.15) is 6.04 Å². The van der Waals surface area contributed by atoms with Gasteiger partial charge < -0.3 is 15.6 Å². The second-order valence-electron chi connectivity index (χ2n) is 6.87. The van der Waals surface area contributed by atoms with Crippen molar-refractivity contribution < 1.29 is 22.8 Å². The molecule has 6 nitrogen and oxygen atoms in total. The molecule has 0 saturated heterocycles. The number of nitrogens with one attached hydrogen (secondary N) is 1. The molecule has 31 heavy (non-hydrogen) atoms. The third kappa shape index (κ3) is 4.56. The Hall–Kier alpha value is -3.33. The molecule has 2 aromatic carbocycles. The van der Waals surface area contributed by atoms with Gasteiger partial charge in [-0.1, -0.05) is 23.7 Å². The number of carbonyl (C=O) groups is 2. The van der Waals surface area contributed by atoms with E-state index < -0.39 is 40.2 Å². The van der Waals surface area contributed by atoms with Gasteiger partial charge in [-0.15, -0.1) is 0 Å². The van der Waals surface area contributed by atoms with Gasteiger partial charge in [0.15, 0.2) is 0 Å². The first-order valence-electron chi connectivity index (χ1n) is 9.07.